The first-order valence-corrected chi connectivity index (χ1v) is 8.13. The molecular formula is C19H24N2O2. The molecule has 4 heteroatoms. The molecule has 0 aliphatic carbocycles. The summed E-state index contributed by atoms with van der Waals surface area (Å²) in [6.07, 6.45) is 3.76. The van der Waals surface area contributed by atoms with Crippen molar-refractivity contribution >= 4 is 0 Å². The average Bonchev–Trinajstić information content (AvgIpc) is 2.63. The fourth-order valence-corrected chi connectivity index (χ4v) is 3.39. The number of hydrogen-bond donors (Lipinski definition) is 1. The van der Waals surface area contributed by atoms with Gasteiger partial charge in [0.15, 0.2) is 0 Å². The lowest BCUT2D eigenvalue weighted by molar-refractivity contribution is 0.0974. The van der Waals surface area contributed by atoms with Crippen LogP contribution in [-0.2, 0) is 12.0 Å². The van der Waals surface area contributed by atoms with E-state index in [1.165, 1.54) is 11.1 Å². The second-order valence-electron chi connectivity index (χ2n) is 6.29. The number of ether oxygens (including phenoxy) is 1. The molecule has 0 spiro atoms. The maximum Gasteiger partial charge on any atom is 0.213 e. The monoisotopic (exact) mass is 312 g/mol. The zero-order valence-electron chi connectivity index (χ0n) is 13.6. The van der Waals surface area contributed by atoms with Crippen molar-refractivity contribution in [1.29, 1.82) is 0 Å². The van der Waals surface area contributed by atoms with Gasteiger partial charge in [-0.05, 0) is 43.1 Å². The van der Waals surface area contributed by atoms with Crippen LogP contribution >= 0.6 is 0 Å². The predicted octanol–water partition coefficient (Wildman–Crippen LogP) is 2.62. The zero-order valence-corrected chi connectivity index (χ0v) is 13.6. The fraction of sp³-hybridized carbons (Fsp3) is 0.421. The van der Waals surface area contributed by atoms with Crippen LogP contribution in [0.5, 0.6) is 5.88 Å². The van der Waals surface area contributed by atoms with Gasteiger partial charge < -0.3 is 9.84 Å². The van der Waals surface area contributed by atoms with Gasteiger partial charge in [0.05, 0.1) is 13.7 Å². The SMILES string of the molecule is COc1cc(CN2CCC(CO)(c3ccccc3)CC2)ccn1. The van der Waals surface area contributed by atoms with E-state index < -0.39 is 0 Å². The number of aromatic nitrogens is 1. The molecule has 1 aromatic heterocycles. The van der Waals surface area contributed by atoms with E-state index in [1.54, 1.807) is 13.3 Å². The number of benzene rings is 1. The summed E-state index contributed by atoms with van der Waals surface area (Å²) in [5.74, 6) is 0.661. The molecule has 2 heterocycles. The molecule has 0 saturated carbocycles. The van der Waals surface area contributed by atoms with Gasteiger partial charge in [-0.25, -0.2) is 4.98 Å². The Hall–Kier alpha value is -1.91. The standard InChI is InChI=1S/C19H24N2O2/c1-23-18-13-16(7-10-20-18)14-21-11-8-19(15-22,9-12-21)17-5-3-2-4-6-17/h2-7,10,13,22H,8-9,11-12,14-15H2,1H3. The summed E-state index contributed by atoms with van der Waals surface area (Å²) in [7, 11) is 1.64. The van der Waals surface area contributed by atoms with Gasteiger partial charge in [-0.1, -0.05) is 30.3 Å². The van der Waals surface area contributed by atoms with Crippen molar-refractivity contribution in [3.63, 3.8) is 0 Å². The zero-order chi connectivity index (χ0) is 16.1. The highest BCUT2D eigenvalue weighted by atomic mass is 16.5. The van der Waals surface area contributed by atoms with Gasteiger partial charge in [-0.3, -0.25) is 4.90 Å². The van der Waals surface area contributed by atoms with Crippen LogP contribution in [0.2, 0.25) is 0 Å². The highest BCUT2D eigenvalue weighted by Gasteiger charge is 2.35. The molecule has 3 rings (SSSR count). The predicted molar refractivity (Wildman–Crippen MR) is 90.5 cm³/mol. The van der Waals surface area contributed by atoms with Gasteiger partial charge in [-0.2, -0.15) is 0 Å². The molecular weight excluding hydrogens is 288 g/mol. The number of piperidine rings is 1. The van der Waals surface area contributed by atoms with E-state index in [1.807, 2.05) is 18.2 Å². The molecule has 1 fully saturated rings. The van der Waals surface area contributed by atoms with Gasteiger partial charge in [0.2, 0.25) is 5.88 Å². The molecule has 122 valence electrons. The lowest BCUT2D eigenvalue weighted by Crippen LogP contribution is -2.44. The molecule has 1 aromatic carbocycles. The van der Waals surface area contributed by atoms with Gasteiger partial charge in [-0.15, -0.1) is 0 Å². The first kappa shape index (κ1) is 16.0. The molecule has 1 aliphatic rings. The quantitative estimate of drug-likeness (QED) is 0.922. The Morgan fingerprint density at radius 2 is 1.91 bits per heavy atom. The molecule has 0 amide bonds. The van der Waals surface area contributed by atoms with Crippen LogP contribution in [0, 0.1) is 0 Å². The van der Waals surface area contributed by atoms with E-state index in [-0.39, 0.29) is 12.0 Å². The number of pyridine rings is 1. The third-order valence-corrected chi connectivity index (χ3v) is 4.92. The van der Waals surface area contributed by atoms with E-state index in [9.17, 15) is 5.11 Å². The average molecular weight is 312 g/mol. The van der Waals surface area contributed by atoms with Crippen LogP contribution in [0.4, 0.5) is 0 Å². The van der Waals surface area contributed by atoms with Crippen LogP contribution in [0.25, 0.3) is 0 Å². The van der Waals surface area contributed by atoms with Gasteiger partial charge in [0.1, 0.15) is 0 Å². The second kappa shape index (κ2) is 7.11. The van der Waals surface area contributed by atoms with E-state index >= 15 is 0 Å². The van der Waals surface area contributed by atoms with Gasteiger partial charge in [0.25, 0.3) is 0 Å². The molecule has 1 aliphatic heterocycles. The number of aliphatic hydroxyl groups excluding tert-OH is 1. The number of hydrogen-bond acceptors (Lipinski definition) is 4. The van der Waals surface area contributed by atoms with Crippen molar-refractivity contribution in [2.24, 2.45) is 0 Å². The molecule has 0 unspecified atom stereocenters. The summed E-state index contributed by atoms with van der Waals surface area (Å²) in [5.41, 5.74) is 2.38. The first-order chi connectivity index (χ1) is 11.3. The summed E-state index contributed by atoms with van der Waals surface area (Å²) in [6.45, 7) is 3.09. The topological polar surface area (TPSA) is 45.6 Å². The Balaban J connectivity index is 1.65. The van der Waals surface area contributed by atoms with E-state index in [4.69, 9.17) is 4.74 Å². The number of aliphatic hydroxyl groups is 1. The minimum Gasteiger partial charge on any atom is -0.481 e. The summed E-state index contributed by atoms with van der Waals surface area (Å²) in [5, 5.41) is 10.00. The summed E-state index contributed by atoms with van der Waals surface area (Å²) in [6, 6.07) is 14.4. The molecule has 0 radical (unpaired) electrons. The highest BCUT2D eigenvalue weighted by Crippen LogP contribution is 2.35. The third kappa shape index (κ3) is 3.54. The Bertz CT molecular complexity index is 622. The Labute approximate surface area is 137 Å². The van der Waals surface area contributed by atoms with E-state index in [0.29, 0.717) is 5.88 Å². The molecule has 1 N–H and O–H groups in total. The van der Waals surface area contributed by atoms with E-state index in [0.717, 1.165) is 32.5 Å². The molecule has 2 aromatic rings. The van der Waals surface area contributed by atoms with Gasteiger partial charge >= 0.3 is 0 Å². The van der Waals surface area contributed by atoms with Crippen LogP contribution in [-0.4, -0.2) is 41.8 Å². The molecule has 23 heavy (non-hydrogen) atoms. The minimum absolute atomic E-state index is 0.0896. The summed E-state index contributed by atoms with van der Waals surface area (Å²) >= 11 is 0. The molecule has 0 atom stereocenters. The summed E-state index contributed by atoms with van der Waals surface area (Å²) in [4.78, 5) is 6.59. The fourth-order valence-electron chi connectivity index (χ4n) is 3.39. The Morgan fingerprint density at radius 1 is 1.17 bits per heavy atom. The van der Waals surface area contributed by atoms with Gasteiger partial charge in [0, 0.05) is 24.2 Å². The smallest absolute Gasteiger partial charge is 0.213 e. The third-order valence-electron chi connectivity index (χ3n) is 4.92. The number of likely N-dealkylation sites (tertiary alicyclic amines) is 1. The highest BCUT2D eigenvalue weighted by molar-refractivity contribution is 5.27. The Morgan fingerprint density at radius 3 is 2.57 bits per heavy atom. The maximum absolute atomic E-state index is 10.00. The summed E-state index contributed by atoms with van der Waals surface area (Å²) < 4.78 is 5.19. The van der Waals surface area contributed by atoms with Crippen LogP contribution in [0.1, 0.15) is 24.0 Å². The number of nitrogens with zero attached hydrogens (tertiary/aromatic N) is 2. The van der Waals surface area contributed by atoms with Crippen molar-refractivity contribution in [3.05, 3.63) is 59.8 Å². The van der Waals surface area contributed by atoms with Crippen molar-refractivity contribution in [2.75, 3.05) is 26.8 Å². The van der Waals surface area contributed by atoms with Crippen molar-refractivity contribution in [1.82, 2.24) is 9.88 Å². The largest absolute Gasteiger partial charge is 0.481 e. The molecule has 0 bridgehead atoms. The lowest BCUT2D eigenvalue weighted by Gasteiger charge is -2.41. The maximum atomic E-state index is 10.00. The number of methoxy groups -OCH3 is 1. The normalized spacial score (nSPS) is 17.8. The van der Waals surface area contributed by atoms with E-state index in [2.05, 4.69) is 34.1 Å². The lowest BCUT2D eigenvalue weighted by atomic mass is 9.73. The van der Waals surface area contributed by atoms with Crippen molar-refractivity contribution in [3.8, 4) is 5.88 Å². The first-order valence-electron chi connectivity index (χ1n) is 8.13. The molecule has 1 saturated heterocycles. The number of rotatable bonds is 5. The minimum atomic E-state index is -0.0896. The van der Waals surface area contributed by atoms with Crippen molar-refractivity contribution in [2.45, 2.75) is 24.8 Å². The second-order valence-corrected chi connectivity index (χ2v) is 6.29. The van der Waals surface area contributed by atoms with Crippen molar-refractivity contribution < 1.29 is 9.84 Å². The van der Waals surface area contributed by atoms with Crippen LogP contribution < -0.4 is 4.74 Å². The Kier molecular flexibility index (Phi) is 4.94. The van der Waals surface area contributed by atoms with Crippen LogP contribution in [0.15, 0.2) is 48.7 Å². The van der Waals surface area contributed by atoms with Crippen LogP contribution in [0.3, 0.4) is 0 Å². The molecule has 4 nitrogen and oxygen atoms in total.